The van der Waals surface area contributed by atoms with Gasteiger partial charge in [0.25, 0.3) is 0 Å². The Morgan fingerprint density at radius 3 is 3.00 bits per heavy atom. The molecule has 0 aromatic carbocycles. The van der Waals surface area contributed by atoms with Crippen LogP contribution in [-0.4, -0.2) is 19.3 Å². The van der Waals surface area contributed by atoms with Gasteiger partial charge >= 0.3 is 0 Å². The average Bonchev–Trinajstić information content (AvgIpc) is 1.89. The van der Waals surface area contributed by atoms with Crippen molar-refractivity contribution in [3.8, 4) is 6.07 Å². The molecular weight excluding hydrogens is 116 g/mol. The van der Waals surface area contributed by atoms with E-state index in [-0.39, 0.29) is 6.61 Å². The third-order valence-corrected chi connectivity index (χ3v) is 0.699. The van der Waals surface area contributed by atoms with Crippen molar-refractivity contribution in [2.24, 2.45) is 5.73 Å². The van der Waals surface area contributed by atoms with Crippen LogP contribution in [0.3, 0.4) is 0 Å². The Morgan fingerprint density at radius 2 is 2.56 bits per heavy atom. The lowest BCUT2D eigenvalue weighted by molar-refractivity contribution is 0.158. The molecule has 0 aliphatic rings. The Bertz CT molecular complexity index is 117. The Morgan fingerprint density at radius 1 is 1.89 bits per heavy atom. The Labute approximate surface area is 54.7 Å². The summed E-state index contributed by atoms with van der Waals surface area (Å²) in [5, 5.41) is 8.15. The van der Waals surface area contributed by atoms with Crippen LogP contribution < -0.4 is 5.73 Å². The van der Waals surface area contributed by atoms with E-state index in [0.29, 0.717) is 6.61 Å². The van der Waals surface area contributed by atoms with Gasteiger partial charge in [0.05, 0.1) is 19.3 Å². The predicted molar refractivity (Wildman–Crippen MR) is 34.6 cm³/mol. The standard InChI is InChI=1S/C6H10N2O/c1-2-3-9-5-6(8)4-7/h2,6H,1,3,5,8H2. The largest absolute Gasteiger partial charge is 0.375 e. The van der Waals surface area contributed by atoms with Crippen molar-refractivity contribution < 1.29 is 4.74 Å². The zero-order valence-electron chi connectivity index (χ0n) is 5.21. The zero-order chi connectivity index (χ0) is 7.11. The van der Waals surface area contributed by atoms with Gasteiger partial charge in [-0.05, 0) is 0 Å². The molecule has 0 aliphatic carbocycles. The van der Waals surface area contributed by atoms with Crippen LogP contribution >= 0.6 is 0 Å². The quantitative estimate of drug-likeness (QED) is 0.427. The van der Waals surface area contributed by atoms with E-state index in [1.165, 1.54) is 0 Å². The number of hydrogen-bond donors (Lipinski definition) is 1. The minimum Gasteiger partial charge on any atom is -0.375 e. The summed E-state index contributed by atoms with van der Waals surface area (Å²) in [4.78, 5) is 0. The molecule has 1 unspecified atom stereocenters. The molecule has 2 N–H and O–H groups in total. The van der Waals surface area contributed by atoms with E-state index in [9.17, 15) is 0 Å². The van der Waals surface area contributed by atoms with Gasteiger partial charge in [-0.1, -0.05) is 6.08 Å². The van der Waals surface area contributed by atoms with Gasteiger partial charge in [0.2, 0.25) is 0 Å². The van der Waals surface area contributed by atoms with E-state index in [0.717, 1.165) is 0 Å². The van der Waals surface area contributed by atoms with Crippen molar-refractivity contribution in [1.82, 2.24) is 0 Å². The summed E-state index contributed by atoms with van der Waals surface area (Å²) in [5.74, 6) is 0. The van der Waals surface area contributed by atoms with E-state index in [2.05, 4.69) is 6.58 Å². The normalized spacial score (nSPS) is 12.0. The summed E-state index contributed by atoms with van der Waals surface area (Å²) in [6.45, 7) is 4.17. The number of hydrogen-bond acceptors (Lipinski definition) is 3. The van der Waals surface area contributed by atoms with Crippen molar-refractivity contribution in [3.63, 3.8) is 0 Å². The van der Waals surface area contributed by atoms with Crippen molar-refractivity contribution in [1.29, 1.82) is 5.26 Å². The minimum atomic E-state index is -0.509. The first-order chi connectivity index (χ1) is 4.31. The summed E-state index contributed by atoms with van der Waals surface area (Å²) < 4.78 is 4.87. The smallest absolute Gasteiger partial charge is 0.116 e. The van der Waals surface area contributed by atoms with Crippen LogP contribution in [0, 0.1) is 11.3 Å². The van der Waals surface area contributed by atoms with E-state index in [4.69, 9.17) is 15.7 Å². The zero-order valence-corrected chi connectivity index (χ0v) is 5.21. The highest BCUT2D eigenvalue weighted by molar-refractivity contribution is 4.86. The summed E-state index contributed by atoms with van der Waals surface area (Å²) in [5.41, 5.74) is 5.19. The average molecular weight is 126 g/mol. The molecule has 0 rings (SSSR count). The summed E-state index contributed by atoms with van der Waals surface area (Å²) in [6, 6.07) is 1.33. The second-order valence-electron chi connectivity index (χ2n) is 1.56. The predicted octanol–water partition coefficient (Wildman–Crippen LogP) is 0.0399. The molecule has 0 fully saturated rings. The molecule has 1 atom stereocenters. The molecule has 0 heterocycles. The van der Waals surface area contributed by atoms with Crippen LogP contribution in [0.5, 0.6) is 0 Å². The summed E-state index contributed by atoms with van der Waals surface area (Å²) in [6.07, 6.45) is 1.62. The first-order valence-electron chi connectivity index (χ1n) is 2.65. The molecule has 0 saturated heterocycles. The van der Waals surface area contributed by atoms with E-state index in [1.54, 1.807) is 6.08 Å². The molecule has 3 heteroatoms. The number of nitrogens with two attached hydrogens (primary N) is 1. The molecule has 0 aliphatic heterocycles. The molecule has 0 aromatic heterocycles. The highest BCUT2D eigenvalue weighted by atomic mass is 16.5. The lowest BCUT2D eigenvalue weighted by atomic mass is 10.4. The fraction of sp³-hybridized carbons (Fsp3) is 0.500. The third-order valence-electron chi connectivity index (χ3n) is 0.699. The Balaban J connectivity index is 3.08. The van der Waals surface area contributed by atoms with Crippen LogP contribution in [0.25, 0.3) is 0 Å². The molecule has 3 nitrogen and oxygen atoms in total. The molecule has 0 bridgehead atoms. The monoisotopic (exact) mass is 126 g/mol. The number of ether oxygens (including phenoxy) is 1. The van der Waals surface area contributed by atoms with Gasteiger partial charge < -0.3 is 10.5 Å². The maximum absolute atomic E-state index is 8.15. The van der Waals surface area contributed by atoms with Crippen molar-refractivity contribution in [3.05, 3.63) is 12.7 Å². The van der Waals surface area contributed by atoms with Crippen LogP contribution in [0.1, 0.15) is 0 Å². The third kappa shape index (κ3) is 5.01. The van der Waals surface area contributed by atoms with E-state index < -0.39 is 6.04 Å². The van der Waals surface area contributed by atoms with Gasteiger partial charge in [0.1, 0.15) is 6.04 Å². The molecule has 0 radical (unpaired) electrons. The van der Waals surface area contributed by atoms with Crippen molar-refractivity contribution in [2.75, 3.05) is 13.2 Å². The second kappa shape index (κ2) is 5.29. The van der Waals surface area contributed by atoms with Gasteiger partial charge in [-0.25, -0.2) is 0 Å². The van der Waals surface area contributed by atoms with Crippen LogP contribution in [0.15, 0.2) is 12.7 Å². The fourth-order valence-corrected chi connectivity index (χ4v) is 0.316. The minimum absolute atomic E-state index is 0.280. The second-order valence-corrected chi connectivity index (χ2v) is 1.56. The van der Waals surface area contributed by atoms with Crippen molar-refractivity contribution in [2.45, 2.75) is 6.04 Å². The highest BCUT2D eigenvalue weighted by Crippen LogP contribution is 1.78. The summed E-state index contributed by atoms with van der Waals surface area (Å²) >= 11 is 0. The van der Waals surface area contributed by atoms with Crippen molar-refractivity contribution >= 4 is 0 Å². The number of rotatable bonds is 4. The molecule has 0 aromatic rings. The SMILES string of the molecule is C=CCOCC(N)C#N. The summed E-state index contributed by atoms with van der Waals surface area (Å²) in [7, 11) is 0. The topological polar surface area (TPSA) is 59.0 Å². The molecule has 50 valence electrons. The molecule has 0 amide bonds. The lowest BCUT2D eigenvalue weighted by Gasteiger charge is -2.00. The van der Waals surface area contributed by atoms with Gasteiger partial charge in [-0.15, -0.1) is 6.58 Å². The van der Waals surface area contributed by atoms with Gasteiger partial charge in [-0.3, -0.25) is 0 Å². The highest BCUT2D eigenvalue weighted by Gasteiger charge is 1.95. The maximum atomic E-state index is 8.15. The van der Waals surface area contributed by atoms with Crippen LogP contribution in [0.4, 0.5) is 0 Å². The van der Waals surface area contributed by atoms with E-state index >= 15 is 0 Å². The first kappa shape index (κ1) is 8.15. The first-order valence-corrected chi connectivity index (χ1v) is 2.65. The van der Waals surface area contributed by atoms with Gasteiger partial charge in [0, 0.05) is 0 Å². The molecule has 0 saturated carbocycles. The fourth-order valence-electron chi connectivity index (χ4n) is 0.316. The number of nitriles is 1. The van der Waals surface area contributed by atoms with Gasteiger partial charge in [-0.2, -0.15) is 5.26 Å². The lowest BCUT2D eigenvalue weighted by Crippen LogP contribution is -2.23. The van der Waals surface area contributed by atoms with Gasteiger partial charge in [0.15, 0.2) is 0 Å². The van der Waals surface area contributed by atoms with Crippen LogP contribution in [0.2, 0.25) is 0 Å². The molecule has 9 heavy (non-hydrogen) atoms. The Hall–Kier alpha value is -0.850. The van der Waals surface area contributed by atoms with E-state index in [1.807, 2.05) is 6.07 Å². The number of nitrogens with zero attached hydrogens (tertiary/aromatic N) is 1. The molecule has 0 spiro atoms. The Kier molecular flexibility index (Phi) is 4.79. The molecular formula is C6H10N2O. The van der Waals surface area contributed by atoms with Crippen LogP contribution in [-0.2, 0) is 4.74 Å². The maximum Gasteiger partial charge on any atom is 0.116 e.